The number of benzene rings is 4. The van der Waals surface area contributed by atoms with Crippen molar-refractivity contribution >= 4 is 47.9 Å². The molecule has 4 heterocycles. The first-order valence-electron chi connectivity index (χ1n) is 21.0. The van der Waals surface area contributed by atoms with E-state index in [1.54, 1.807) is 4.90 Å². The Bertz CT molecular complexity index is 2110. The third-order valence-corrected chi connectivity index (χ3v) is 12.6. The van der Waals surface area contributed by atoms with Crippen LogP contribution in [0.15, 0.2) is 97.1 Å². The number of nitrogens with one attached hydrogen (secondary N) is 1. The van der Waals surface area contributed by atoms with Crippen molar-refractivity contribution in [2.24, 2.45) is 5.92 Å². The van der Waals surface area contributed by atoms with Gasteiger partial charge in [0.15, 0.2) is 0 Å². The predicted molar refractivity (Wildman–Crippen MR) is 229 cm³/mol. The summed E-state index contributed by atoms with van der Waals surface area (Å²) < 4.78 is 5.19. The third kappa shape index (κ3) is 8.71. The Hall–Kier alpha value is -5.39. The minimum absolute atomic E-state index is 0.119. The van der Waals surface area contributed by atoms with Crippen LogP contribution >= 0.6 is 0 Å². The lowest BCUT2D eigenvalue weighted by molar-refractivity contribution is -0.136. The van der Waals surface area contributed by atoms with E-state index in [-0.39, 0.29) is 24.1 Å². The van der Waals surface area contributed by atoms with Crippen LogP contribution in [0.4, 0.5) is 11.4 Å². The van der Waals surface area contributed by atoms with Crippen LogP contribution in [0.1, 0.15) is 84.5 Å². The van der Waals surface area contributed by atoms with Crippen LogP contribution in [0.5, 0.6) is 5.75 Å². The number of imide groups is 1. The number of hydrogen-bond acceptors (Lipinski definition) is 8. The summed E-state index contributed by atoms with van der Waals surface area (Å²) in [7, 11) is 0.713. The molecule has 1 atom stereocenters. The van der Waals surface area contributed by atoms with E-state index in [4.69, 9.17) is 9.68 Å². The molecule has 11 heteroatoms. The van der Waals surface area contributed by atoms with Crippen LogP contribution in [0.2, 0.25) is 0 Å². The van der Waals surface area contributed by atoms with Crippen molar-refractivity contribution < 1.29 is 24.1 Å². The molecule has 4 aliphatic rings. The van der Waals surface area contributed by atoms with E-state index >= 15 is 0 Å². The number of fused-ring (bicyclic) bond motifs is 1. The van der Waals surface area contributed by atoms with Gasteiger partial charge in [0.2, 0.25) is 11.8 Å². The standard InChI is InChI=1S/C47H53BN5O5/c1-2-41(34-8-4-3-5-9-34)45(36-12-17-40(18-13-36)58-48-57)35-10-14-38(15-11-35)52-29-27-50(28-30-52)24-6-7-33-22-25-51(26-23-33)39-16-19-42-37(31-39)32-53(47(42)56)43-20-21-44(54)49-46(43)55/h3-5,8-19,31,33,43,57H,2,6-7,20-30,32H2,1H3,(H,49,54,55)/b45-41+. The Morgan fingerprint density at radius 2 is 1.45 bits per heavy atom. The van der Waals surface area contributed by atoms with E-state index in [1.165, 1.54) is 53.6 Å². The van der Waals surface area contributed by atoms with Crippen molar-refractivity contribution in [3.05, 3.63) is 125 Å². The molecule has 0 aliphatic carbocycles. The second-order valence-corrected chi connectivity index (χ2v) is 16.0. The zero-order chi connectivity index (χ0) is 40.0. The number of piperidine rings is 2. The topological polar surface area (TPSA) is 106 Å². The molecule has 3 amide bonds. The first kappa shape index (κ1) is 39.4. The lowest BCUT2D eigenvalue weighted by Gasteiger charge is -2.37. The van der Waals surface area contributed by atoms with Crippen molar-refractivity contribution in [2.75, 3.05) is 55.6 Å². The van der Waals surface area contributed by atoms with Crippen molar-refractivity contribution in [3.8, 4) is 5.75 Å². The van der Waals surface area contributed by atoms with Gasteiger partial charge in [0.05, 0.1) is 0 Å². The maximum Gasteiger partial charge on any atom is 0.569 e. The van der Waals surface area contributed by atoms with Crippen LogP contribution in [-0.4, -0.2) is 92.1 Å². The van der Waals surface area contributed by atoms with Gasteiger partial charge in [-0.05, 0) is 127 Å². The van der Waals surface area contributed by atoms with E-state index in [9.17, 15) is 14.4 Å². The lowest BCUT2D eigenvalue weighted by Crippen LogP contribution is -2.52. The summed E-state index contributed by atoms with van der Waals surface area (Å²) in [6.07, 6.45) is 6.35. The normalized spacial score (nSPS) is 19.5. The Kier molecular flexibility index (Phi) is 12.3. The number of allylic oxidation sites excluding steroid dienone is 1. The fourth-order valence-corrected chi connectivity index (χ4v) is 9.35. The Morgan fingerprint density at radius 1 is 0.776 bits per heavy atom. The quantitative estimate of drug-likeness (QED) is 0.0897. The van der Waals surface area contributed by atoms with Crippen LogP contribution in [0, 0.1) is 5.92 Å². The second-order valence-electron chi connectivity index (χ2n) is 16.0. The molecule has 2 N–H and O–H groups in total. The van der Waals surface area contributed by atoms with Gasteiger partial charge < -0.3 is 24.4 Å². The average molecular weight is 779 g/mol. The fourth-order valence-electron chi connectivity index (χ4n) is 9.35. The van der Waals surface area contributed by atoms with Gasteiger partial charge in [0.1, 0.15) is 11.8 Å². The number of carbonyl (C=O) groups excluding carboxylic acids is 3. The van der Waals surface area contributed by atoms with Gasteiger partial charge in [-0.1, -0.05) is 61.5 Å². The molecule has 3 saturated heterocycles. The molecule has 0 aromatic heterocycles. The second kappa shape index (κ2) is 18.0. The zero-order valence-electron chi connectivity index (χ0n) is 33.4. The molecule has 4 aliphatic heterocycles. The van der Waals surface area contributed by atoms with Crippen LogP contribution in [0.25, 0.3) is 11.1 Å². The summed E-state index contributed by atoms with van der Waals surface area (Å²) in [5, 5.41) is 11.5. The maximum absolute atomic E-state index is 13.1. The molecule has 1 radical (unpaired) electrons. The number of nitrogens with zero attached hydrogens (tertiary/aromatic N) is 4. The van der Waals surface area contributed by atoms with Gasteiger partial charge in [0, 0.05) is 69.2 Å². The average Bonchev–Trinajstić information content (AvgIpc) is 3.59. The third-order valence-electron chi connectivity index (χ3n) is 12.6. The molecule has 10 nitrogen and oxygen atoms in total. The molecule has 58 heavy (non-hydrogen) atoms. The molecule has 1 unspecified atom stereocenters. The highest BCUT2D eigenvalue weighted by atomic mass is 16.5. The largest absolute Gasteiger partial charge is 0.569 e. The molecule has 3 fully saturated rings. The van der Waals surface area contributed by atoms with Crippen LogP contribution < -0.4 is 19.8 Å². The first-order valence-corrected chi connectivity index (χ1v) is 21.0. The maximum atomic E-state index is 13.1. The molecule has 0 spiro atoms. The number of amides is 3. The number of rotatable bonds is 13. The highest BCUT2D eigenvalue weighted by molar-refractivity contribution is 6.17. The van der Waals surface area contributed by atoms with Crippen molar-refractivity contribution in [2.45, 2.75) is 64.5 Å². The Labute approximate surface area is 342 Å². The Morgan fingerprint density at radius 3 is 2.12 bits per heavy atom. The van der Waals surface area contributed by atoms with Gasteiger partial charge in [-0.25, -0.2) is 0 Å². The van der Waals surface area contributed by atoms with Gasteiger partial charge in [-0.15, -0.1) is 0 Å². The molecule has 4 aromatic rings. The van der Waals surface area contributed by atoms with Crippen molar-refractivity contribution in [1.82, 2.24) is 15.1 Å². The Balaban J connectivity index is 0.805. The summed E-state index contributed by atoms with van der Waals surface area (Å²) in [5.74, 6) is 0.570. The van der Waals surface area contributed by atoms with Gasteiger partial charge >= 0.3 is 7.69 Å². The van der Waals surface area contributed by atoms with Crippen molar-refractivity contribution in [1.29, 1.82) is 0 Å². The van der Waals surface area contributed by atoms with E-state index in [2.05, 4.69) is 106 Å². The SMILES string of the molecule is CC/C(=C(\c1ccc(O[B]O)cc1)c1ccc(N2CCN(CCCC3CCN(c4ccc5c(c4)CN(C4CCC(=O)NC4=O)C5=O)CC3)CC2)cc1)c1ccccc1. The minimum Gasteiger partial charge on any atom is -0.537 e. The monoisotopic (exact) mass is 778 g/mol. The van der Waals surface area contributed by atoms with Gasteiger partial charge in [0.25, 0.3) is 5.91 Å². The summed E-state index contributed by atoms with van der Waals surface area (Å²) in [5.41, 5.74) is 10.0. The zero-order valence-corrected chi connectivity index (χ0v) is 33.4. The molecule has 4 aromatic carbocycles. The number of anilines is 2. The molecular formula is C47H53BN5O5. The summed E-state index contributed by atoms with van der Waals surface area (Å²) in [4.78, 5) is 46.4. The fraction of sp³-hybridized carbons (Fsp3) is 0.383. The van der Waals surface area contributed by atoms with Crippen molar-refractivity contribution in [3.63, 3.8) is 0 Å². The number of carbonyl (C=O) groups is 3. The number of piperazine rings is 1. The van der Waals surface area contributed by atoms with Gasteiger partial charge in [-0.2, -0.15) is 0 Å². The molecule has 0 bridgehead atoms. The molecule has 299 valence electrons. The summed E-state index contributed by atoms with van der Waals surface area (Å²) in [6.45, 7) is 9.97. The van der Waals surface area contributed by atoms with Gasteiger partial charge in [-0.3, -0.25) is 24.6 Å². The van der Waals surface area contributed by atoms with E-state index in [0.29, 0.717) is 32.0 Å². The first-order chi connectivity index (χ1) is 28.4. The molecule has 8 rings (SSSR count). The highest BCUT2D eigenvalue weighted by Gasteiger charge is 2.39. The molecule has 0 saturated carbocycles. The smallest absolute Gasteiger partial charge is 0.537 e. The highest BCUT2D eigenvalue weighted by Crippen LogP contribution is 2.37. The summed E-state index contributed by atoms with van der Waals surface area (Å²) in [6, 6.07) is 33.1. The minimum atomic E-state index is -0.583. The van der Waals surface area contributed by atoms with Crippen LogP contribution in [0.3, 0.4) is 0 Å². The van der Waals surface area contributed by atoms with E-state index in [0.717, 1.165) is 75.0 Å². The predicted octanol–water partition coefficient (Wildman–Crippen LogP) is 6.54. The van der Waals surface area contributed by atoms with E-state index < -0.39 is 6.04 Å². The van der Waals surface area contributed by atoms with Crippen LogP contribution in [-0.2, 0) is 16.1 Å². The summed E-state index contributed by atoms with van der Waals surface area (Å²) >= 11 is 0. The lowest BCUT2D eigenvalue weighted by atomic mass is 9.88. The number of hydrogen-bond donors (Lipinski definition) is 2. The van der Waals surface area contributed by atoms with E-state index in [1.807, 2.05) is 18.2 Å². The molecular weight excluding hydrogens is 725 g/mol.